The van der Waals surface area contributed by atoms with Crippen LogP contribution in [0.15, 0.2) is 206 Å². The van der Waals surface area contributed by atoms with Crippen molar-refractivity contribution in [1.82, 2.24) is 9.97 Å². The van der Waals surface area contributed by atoms with Gasteiger partial charge in [-0.1, -0.05) is 194 Å². The fraction of sp³-hybridized carbons (Fsp3) is 0. The lowest BCUT2D eigenvalue weighted by molar-refractivity contribution is 1.18. The summed E-state index contributed by atoms with van der Waals surface area (Å²) in [6.45, 7) is 0. The van der Waals surface area contributed by atoms with Crippen LogP contribution in [0.5, 0.6) is 0 Å². The molecule has 0 bridgehead atoms. The van der Waals surface area contributed by atoms with E-state index in [4.69, 9.17) is 9.97 Å². The summed E-state index contributed by atoms with van der Waals surface area (Å²) in [5, 5.41) is 10.1. The standard InChI is InChI=1S/C56H34N2/c1-3-14-38(15-4-1)54-46-22-10-9-21-45(46)53(48-32-29-35-13-7-8-20-42(35)55(48)54)39-27-25-36(26-28-39)50-34-51(58-56(57-50)40-16-5-2-6-17-40)41-30-31-43-44-23-11-18-37-19-12-24-47(52(37)44)49(43)33-41/h1-34H. The SMILES string of the molecule is c1ccc(-c2nc(-c3ccc(-c4c5ccccc5c(-c5ccccc5)c5c4ccc4ccccc45)cc3)cc(-c3ccc4c(c3)-c3cccc5cccc-4c35)n2)cc1. The summed E-state index contributed by atoms with van der Waals surface area (Å²) < 4.78 is 0. The number of nitrogens with zero attached hydrogens (tertiary/aromatic N) is 2. The summed E-state index contributed by atoms with van der Waals surface area (Å²) in [5.74, 6) is 0.712. The molecule has 0 aliphatic heterocycles. The van der Waals surface area contributed by atoms with Crippen LogP contribution in [0.4, 0.5) is 0 Å². The largest absolute Gasteiger partial charge is 0.228 e. The van der Waals surface area contributed by atoms with Gasteiger partial charge in [-0.2, -0.15) is 0 Å². The maximum Gasteiger partial charge on any atom is 0.160 e. The highest BCUT2D eigenvalue weighted by molar-refractivity contribution is 6.28. The van der Waals surface area contributed by atoms with E-state index in [0.717, 1.165) is 28.1 Å². The van der Waals surface area contributed by atoms with Gasteiger partial charge in [0.2, 0.25) is 0 Å². The van der Waals surface area contributed by atoms with Crippen LogP contribution in [-0.2, 0) is 0 Å². The van der Waals surface area contributed by atoms with E-state index in [1.165, 1.54) is 87.6 Å². The molecule has 1 aliphatic rings. The molecular formula is C56H34N2. The molecule has 2 heteroatoms. The maximum atomic E-state index is 5.21. The molecular weight excluding hydrogens is 701 g/mol. The van der Waals surface area contributed by atoms with Gasteiger partial charge in [-0.05, 0) is 99.7 Å². The first-order valence-corrected chi connectivity index (χ1v) is 19.9. The first kappa shape index (κ1) is 32.6. The quantitative estimate of drug-likeness (QED) is 0.130. The van der Waals surface area contributed by atoms with Crippen LogP contribution < -0.4 is 0 Å². The van der Waals surface area contributed by atoms with Gasteiger partial charge in [0, 0.05) is 16.7 Å². The molecule has 10 aromatic carbocycles. The van der Waals surface area contributed by atoms with Crippen molar-refractivity contribution >= 4 is 43.1 Å². The molecule has 0 amide bonds. The molecule has 12 rings (SSSR count). The fourth-order valence-corrected chi connectivity index (χ4v) is 9.38. The van der Waals surface area contributed by atoms with E-state index in [2.05, 4.69) is 188 Å². The number of hydrogen-bond acceptors (Lipinski definition) is 2. The van der Waals surface area contributed by atoms with Crippen molar-refractivity contribution in [3.63, 3.8) is 0 Å². The van der Waals surface area contributed by atoms with Crippen molar-refractivity contribution in [2.24, 2.45) is 0 Å². The van der Waals surface area contributed by atoms with Crippen molar-refractivity contribution in [2.75, 3.05) is 0 Å². The van der Waals surface area contributed by atoms with Crippen LogP contribution in [0, 0.1) is 0 Å². The summed E-state index contributed by atoms with van der Waals surface area (Å²) in [4.78, 5) is 10.4. The molecule has 0 radical (unpaired) electrons. The smallest absolute Gasteiger partial charge is 0.160 e. The van der Waals surface area contributed by atoms with Gasteiger partial charge in [0.05, 0.1) is 11.4 Å². The molecule has 1 aliphatic carbocycles. The van der Waals surface area contributed by atoms with Gasteiger partial charge in [-0.3, -0.25) is 0 Å². The highest BCUT2D eigenvalue weighted by Crippen LogP contribution is 2.49. The molecule has 2 nitrogen and oxygen atoms in total. The van der Waals surface area contributed by atoms with Gasteiger partial charge >= 0.3 is 0 Å². The van der Waals surface area contributed by atoms with E-state index in [-0.39, 0.29) is 0 Å². The van der Waals surface area contributed by atoms with Crippen molar-refractivity contribution in [3.8, 4) is 78.4 Å². The molecule has 0 saturated heterocycles. The number of hydrogen-bond donors (Lipinski definition) is 0. The number of benzene rings is 10. The van der Waals surface area contributed by atoms with Crippen LogP contribution >= 0.6 is 0 Å². The molecule has 1 heterocycles. The second-order valence-electron chi connectivity index (χ2n) is 15.2. The third kappa shape index (κ3) is 5.05. The Bertz CT molecular complexity index is 3420. The monoisotopic (exact) mass is 734 g/mol. The summed E-state index contributed by atoms with van der Waals surface area (Å²) in [7, 11) is 0. The normalized spacial score (nSPS) is 11.8. The molecule has 0 N–H and O–H groups in total. The molecule has 1 aromatic heterocycles. The minimum Gasteiger partial charge on any atom is -0.228 e. The number of aromatic nitrogens is 2. The van der Waals surface area contributed by atoms with Crippen molar-refractivity contribution < 1.29 is 0 Å². The lowest BCUT2D eigenvalue weighted by Gasteiger charge is -2.19. The third-order valence-corrected chi connectivity index (χ3v) is 12.0. The predicted molar refractivity (Wildman–Crippen MR) is 244 cm³/mol. The maximum absolute atomic E-state index is 5.21. The average Bonchev–Trinajstić information content (AvgIpc) is 3.62. The van der Waals surface area contributed by atoms with Crippen LogP contribution in [0.25, 0.3) is 122 Å². The Labute approximate surface area is 336 Å². The van der Waals surface area contributed by atoms with Gasteiger partial charge in [-0.25, -0.2) is 9.97 Å². The third-order valence-electron chi connectivity index (χ3n) is 12.0. The zero-order valence-corrected chi connectivity index (χ0v) is 31.5. The molecule has 58 heavy (non-hydrogen) atoms. The number of fused-ring (bicyclic) bond motifs is 7. The zero-order valence-electron chi connectivity index (χ0n) is 31.5. The molecule has 0 unspecified atom stereocenters. The summed E-state index contributed by atoms with van der Waals surface area (Å²) in [5.41, 5.74) is 14.9. The van der Waals surface area contributed by atoms with Crippen molar-refractivity contribution in [1.29, 1.82) is 0 Å². The first-order chi connectivity index (χ1) is 28.8. The van der Waals surface area contributed by atoms with Gasteiger partial charge in [-0.15, -0.1) is 0 Å². The summed E-state index contributed by atoms with van der Waals surface area (Å²) in [6.07, 6.45) is 0. The van der Waals surface area contributed by atoms with E-state index in [9.17, 15) is 0 Å². The highest BCUT2D eigenvalue weighted by atomic mass is 14.9. The summed E-state index contributed by atoms with van der Waals surface area (Å²) in [6, 6.07) is 74.5. The van der Waals surface area contributed by atoms with E-state index in [1.54, 1.807) is 0 Å². The molecule has 0 spiro atoms. The van der Waals surface area contributed by atoms with Crippen LogP contribution in [0.2, 0.25) is 0 Å². The summed E-state index contributed by atoms with van der Waals surface area (Å²) >= 11 is 0. The van der Waals surface area contributed by atoms with Gasteiger partial charge in [0.25, 0.3) is 0 Å². The zero-order chi connectivity index (χ0) is 38.2. The minimum atomic E-state index is 0.712. The van der Waals surface area contributed by atoms with Gasteiger partial charge < -0.3 is 0 Å². The fourth-order valence-electron chi connectivity index (χ4n) is 9.38. The Morgan fingerprint density at radius 2 is 0.810 bits per heavy atom. The van der Waals surface area contributed by atoms with Crippen LogP contribution in [0.3, 0.4) is 0 Å². The predicted octanol–water partition coefficient (Wildman–Crippen LogP) is 15.1. The second-order valence-corrected chi connectivity index (χ2v) is 15.2. The van der Waals surface area contributed by atoms with Crippen molar-refractivity contribution in [3.05, 3.63) is 206 Å². The Kier molecular flexibility index (Phi) is 7.26. The topological polar surface area (TPSA) is 25.8 Å². The Morgan fingerprint density at radius 3 is 1.55 bits per heavy atom. The Balaban J connectivity index is 1.03. The highest BCUT2D eigenvalue weighted by Gasteiger charge is 2.23. The van der Waals surface area contributed by atoms with E-state index < -0.39 is 0 Å². The van der Waals surface area contributed by atoms with Crippen LogP contribution in [-0.4, -0.2) is 9.97 Å². The van der Waals surface area contributed by atoms with Crippen molar-refractivity contribution in [2.45, 2.75) is 0 Å². The van der Waals surface area contributed by atoms with Crippen LogP contribution in [0.1, 0.15) is 0 Å². The number of rotatable bonds is 5. The van der Waals surface area contributed by atoms with E-state index >= 15 is 0 Å². The van der Waals surface area contributed by atoms with E-state index in [0.29, 0.717) is 5.82 Å². The first-order valence-electron chi connectivity index (χ1n) is 19.9. The van der Waals surface area contributed by atoms with Gasteiger partial charge in [0.15, 0.2) is 5.82 Å². The second kappa shape index (κ2) is 12.9. The minimum absolute atomic E-state index is 0.712. The lowest BCUT2D eigenvalue weighted by atomic mass is 9.84. The molecule has 0 fully saturated rings. The molecule has 268 valence electrons. The van der Waals surface area contributed by atoms with Gasteiger partial charge in [0.1, 0.15) is 0 Å². The molecule has 11 aromatic rings. The average molecular weight is 735 g/mol. The molecule has 0 saturated carbocycles. The lowest BCUT2D eigenvalue weighted by Crippen LogP contribution is -1.96. The Morgan fingerprint density at radius 1 is 0.259 bits per heavy atom. The molecule has 0 atom stereocenters. The van der Waals surface area contributed by atoms with E-state index in [1.807, 2.05) is 18.2 Å². The Hall–Kier alpha value is -7.68.